The summed E-state index contributed by atoms with van der Waals surface area (Å²) in [6.07, 6.45) is 1.45. The lowest BCUT2D eigenvalue weighted by molar-refractivity contribution is -0.121. The molecule has 1 amide bonds. The Balaban J connectivity index is 2.55. The molecule has 3 nitrogen and oxygen atoms in total. The van der Waals surface area contributed by atoms with E-state index in [9.17, 15) is 4.79 Å². The first-order valence-electron chi connectivity index (χ1n) is 6.62. The molecule has 0 aliphatic heterocycles. The van der Waals surface area contributed by atoms with E-state index in [2.05, 4.69) is 19.2 Å². The number of thiocarbonyl (C=S) groups is 1. The fourth-order valence-electron chi connectivity index (χ4n) is 1.77. The van der Waals surface area contributed by atoms with Crippen molar-refractivity contribution < 1.29 is 4.79 Å². The maximum atomic E-state index is 11.9. The van der Waals surface area contributed by atoms with Crippen molar-refractivity contribution in [1.29, 1.82) is 0 Å². The van der Waals surface area contributed by atoms with Gasteiger partial charge in [-0.15, -0.1) is 0 Å². The van der Waals surface area contributed by atoms with Gasteiger partial charge in [-0.3, -0.25) is 4.79 Å². The van der Waals surface area contributed by atoms with Crippen molar-refractivity contribution in [3.63, 3.8) is 0 Å². The number of carbonyl (C=O) groups is 1. The van der Waals surface area contributed by atoms with E-state index in [4.69, 9.17) is 18.0 Å². The van der Waals surface area contributed by atoms with E-state index in [1.54, 1.807) is 0 Å². The van der Waals surface area contributed by atoms with Gasteiger partial charge in [0, 0.05) is 11.6 Å². The molecular weight excluding hydrogens is 256 g/mol. The Bertz CT molecular complexity index is 442. The van der Waals surface area contributed by atoms with Gasteiger partial charge in [0.2, 0.25) is 5.91 Å². The molecule has 0 saturated heterocycles. The van der Waals surface area contributed by atoms with Crippen LogP contribution in [0.3, 0.4) is 0 Å². The standard InChI is InChI=1S/C15H22N2OS/c1-4-10(2)11(3)17-14(18)9-12-5-7-13(8-6-12)15(16)19/h5-8,10-11H,4,9H2,1-3H3,(H2,16,19)(H,17,18). The average Bonchev–Trinajstić information content (AvgIpc) is 2.38. The smallest absolute Gasteiger partial charge is 0.224 e. The summed E-state index contributed by atoms with van der Waals surface area (Å²) in [5.74, 6) is 0.539. The summed E-state index contributed by atoms with van der Waals surface area (Å²) in [5.41, 5.74) is 7.32. The van der Waals surface area contributed by atoms with Gasteiger partial charge in [-0.1, -0.05) is 56.8 Å². The van der Waals surface area contributed by atoms with Gasteiger partial charge in [-0.25, -0.2) is 0 Å². The Kier molecular flexibility index (Phi) is 5.96. The van der Waals surface area contributed by atoms with Crippen LogP contribution in [0.5, 0.6) is 0 Å². The molecule has 0 fully saturated rings. The van der Waals surface area contributed by atoms with Crippen LogP contribution in [0.2, 0.25) is 0 Å². The molecule has 0 bridgehead atoms. The first-order valence-corrected chi connectivity index (χ1v) is 7.03. The highest BCUT2D eigenvalue weighted by Crippen LogP contribution is 2.08. The molecule has 1 rings (SSSR count). The summed E-state index contributed by atoms with van der Waals surface area (Å²) in [5, 5.41) is 3.03. The average molecular weight is 278 g/mol. The molecule has 3 N–H and O–H groups in total. The van der Waals surface area contributed by atoms with E-state index in [1.165, 1.54) is 0 Å². The van der Waals surface area contributed by atoms with E-state index in [0.29, 0.717) is 17.3 Å². The summed E-state index contributed by atoms with van der Waals surface area (Å²) in [6, 6.07) is 7.68. The Morgan fingerprint density at radius 3 is 2.37 bits per heavy atom. The molecule has 4 heteroatoms. The number of benzene rings is 1. The number of hydrogen-bond acceptors (Lipinski definition) is 2. The van der Waals surface area contributed by atoms with Crippen LogP contribution >= 0.6 is 12.2 Å². The summed E-state index contributed by atoms with van der Waals surface area (Å²) in [4.78, 5) is 12.3. The lowest BCUT2D eigenvalue weighted by Crippen LogP contribution is -2.37. The fourth-order valence-corrected chi connectivity index (χ4v) is 1.91. The van der Waals surface area contributed by atoms with E-state index in [0.717, 1.165) is 17.5 Å². The third-order valence-corrected chi connectivity index (χ3v) is 3.72. The third kappa shape index (κ3) is 4.99. The van der Waals surface area contributed by atoms with Gasteiger partial charge in [0.05, 0.1) is 6.42 Å². The van der Waals surface area contributed by atoms with Crippen molar-refractivity contribution in [1.82, 2.24) is 5.32 Å². The van der Waals surface area contributed by atoms with Crippen molar-refractivity contribution in [3.8, 4) is 0 Å². The zero-order chi connectivity index (χ0) is 14.4. The minimum absolute atomic E-state index is 0.0517. The highest BCUT2D eigenvalue weighted by atomic mass is 32.1. The highest BCUT2D eigenvalue weighted by molar-refractivity contribution is 7.80. The monoisotopic (exact) mass is 278 g/mol. The number of rotatable bonds is 6. The Labute approximate surface area is 120 Å². The molecule has 1 aromatic carbocycles. The van der Waals surface area contributed by atoms with Crippen LogP contribution in [0.4, 0.5) is 0 Å². The van der Waals surface area contributed by atoms with Crippen LogP contribution in [0, 0.1) is 5.92 Å². The topological polar surface area (TPSA) is 55.1 Å². The highest BCUT2D eigenvalue weighted by Gasteiger charge is 2.13. The molecular formula is C15H22N2OS. The van der Waals surface area contributed by atoms with Crippen LogP contribution < -0.4 is 11.1 Å². The molecule has 2 atom stereocenters. The lowest BCUT2D eigenvalue weighted by atomic mass is 10.0. The molecule has 0 aliphatic rings. The van der Waals surface area contributed by atoms with Gasteiger partial charge in [0.25, 0.3) is 0 Å². The molecule has 2 unspecified atom stereocenters. The normalized spacial score (nSPS) is 13.6. The van der Waals surface area contributed by atoms with Crippen molar-refractivity contribution in [2.24, 2.45) is 11.7 Å². The summed E-state index contributed by atoms with van der Waals surface area (Å²) in [6.45, 7) is 6.31. The van der Waals surface area contributed by atoms with Gasteiger partial charge in [-0.2, -0.15) is 0 Å². The summed E-state index contributed by atoms with van der Waals surface area (Å²) in [7, 11) is 0. The summed E-state index contributed by atoms with van der Waals surface area (Å²) >= 11 is 4.89. The lowest BCUT2D eigenvalue weighted by Gasteiger charge is -2.19. The predicted octanol–water partition coefficient (Wildman–Crippen LogP) is 2.41. The maximum Gasteiger partial charge on any atom is 0.224 e. The number of nitrogens with one attached hydrogen (secondary N) is 1. The van der Waals surface area contributed by atoms with E-state index in [-0.39, 0.29) is 11.9 Å². The van der Waals surface area contributed by atoms with E-state index >= 15 is 0 Å². The van der Waals surface area contributed by atoms with Gasteiger partial charge in [0.15, 0.2) is 0 Å². The second-order valence-corrected chi connectivity index (χ2v) is 5.42. The number of nitrogens with two attached hydrogens (primary N) is 1. The van der Waals surface area contributed by atoms with Crippen molar-refractivity contribution in [3.05, 3.63) is 35.4 Å². The number of carbonyl (C=O) groups excluding carboxylic acids is 1. The van der Waals surface area contributed by atoms with Gasteiger partial charge >= 0.3 is 0 Å². The fraction of sp³-hybridized carbons (Fsp3) is 0.467. The Hall–Kier alpha value is -1.42. The summed E-state index contributed by atoms with van der Waals surface area (Å²) < 4.78 is 0. The quantitative estimate of drug-likeness (QED) is 0.786. The first-order chi connectivity index (χ1) is 8.93. The third-order valence-electron chi connectivity index (χ3n) is 3.49. The zero-order valence-corrected chi connectivity index (χ0v) is 12.6. The maximum absolute atomic E-state index is 11.9. The van der Waals surface area contributed by atoms with Crippen LogP contribution in [-0.4, -0.2) is 16.9 Å². The van der Waals surface area contributed by atoms with Gasteiger partial charge in [-0.05, 0) is 18.4 Å². The predicted molar refractivity (Wildman–Crippen MR) is 83.1 cm³/mol. The van der Waals surface area contributed by atoms with E-state index < -0.39 is 0 Å². The van der Waals surface area contributed by atoms with Crippen molar-refractivity contribution >= 4 is 23.1 Å². The van der Waals surface area contributed by atoms with Crippen molar-refractivity contribution in [2.45, 2.75) is 39.7 Å². The van der Waals surface area contributed by atoms with Gasteiger partial charge < -0.3 is 11.1 Å². The van der Waals surface area contributed by atoms with Crippen LogP contribution in [0.1, 0.15) is 38.3 Å². The van der Waals surface area contributed by atoms with Gasteiger partial charge in [0.1, 0.15) is 4.99 Å². The van der Waals surface area contributed by atoms with Crippen molar-refractivity contribution in [2.75, 3.05) is 0 Å². The molecule has 0 spiro atoms. The minimum atomic E-state index is 0.0517. The SMILES string of the molecule is CCC(C)C(C)NC(=O)Cc1ccc(C(N)=S)cc1. The molecule has 0 saturated carbocycles. The second-order valence-electron chi connectivity index (χ2n) is 4.98. The Morgan fingerprint density at radius 2 is 1.89 bits per heavy atom. The van der Waals surface area contributed by atoms with Crippen LogP contribution in [0.25, 0.3) is 0 Å². The number of hydrogen-bond donors (Lipinski definition) is 2. The molecule has 0 heterocycles. The van der Waals surface area contributed by atoms with Crippen LogP contribution in [-0.2, 0) is 11.2 Å². The molecule has 19 heavy (non-hydrogen) atoms. The molecule has 104 valence electrons. The second kappa shape index (κ2) is 7.24. The molecule has 0 radical (unpaired) electrons. The molecule has 1 aromatic rings. The number of amides is 1. The first kappa shape index (κ1) is 15.6. The Morgan fingerprint density at radius 1 is 1.32 bits per heavy atom. The minimum Gasteiger partial charge on any atom is -0.389 e. The van der Waals surface area contributed by atoms with E-state index in [1.807, 2.05) is 31.2 Å². The molecule has 0 aromatic heterocycles. The molecule has 0 aliphatic carbocycles. The van der Waals surface area contributed by atoms with Crippen LogP contribution in [0.15, 0.2) is 24.3 Å². The zero-order valence-electron chi connectivity index (χ0n) is 11.8. The largest absolute Gasteiger partial charge is 0.389 e.